The van der Waals surface area contributed by atoms with Gasteiger partial charge in [-0.2, -0.15) is 0 Å². The predicted molar refractivity (Wildman–Crippen MR) is 122 cm³/mol. The minimum absolute atomic E-state index is 0.0516. The number of hydrogen-bond donors (Lipinski definition) is 2. The number of sulfone groups is 1. The van der Waals surface area contributed by atoms with Gasteiger partial charge in [-0.25, -0.2) is 16.8 Å². The number of hydrogen-bond acceptors (Lipinski definition) is 6. The third kappa shape index (κ3) is 6.39. The Morgan fingerprint density at radius 1 is 0.903 bits per heavy atom. The number of thiophene rings is 1. The molecule has 1 aromatic heterocycles. The quantitative estimate of drug-likeness (QED) is 0.516. The fourth-order valence-electron chi connectivity index (χ4n) is 2.83. The zero-order chi connectivity index (χ0) is 22.6. The zero-order valence-corrected chi connectivity index (χ0v) is 19.4. The Balaban J connectivity index is 1.68. The summed E-state index contributed by atoms with van der Waals surface area (Å²) in [7, 11) is -7.04. The fraction of sp³-hybridized carbons (Fsp3) is 0.190. The summed E-state index contributed by atoms with van der Waals surface area (Å²) in [4.78, 5) is 12.6. The van der Waals surface area contributed by atoms with E-state index in [0.717, 1.165) is 22.5 Å². The van der Waals surface area contributed by atoms with E-state index in [2.05, 4.69) is 10.0 Å². The van der Waals surface area contributed by atoms with Crippen LogP contribution in [0.15, 0.2) is 64.9 Å². The molecular formula is C21H22N2O5S3. The minimum Gasteiger partial charge on any atom is -0.347 e. The number of sulfonamides is 1. The van der Waals surface area contributed by atoms with Crippen LogP contribution in [0, 0.1) is 6.92 Å². The molecular weight excluding hydrogens is 456 g/mol. The molecule has 0 aliphatic carbocycles. The van der Waals surface area contributed by atoms with Crippen LogP contribution in [0.2, 0.25) is 0 Å². The van der Waals surface area contributed by atoms with E-state index in [1.165, 1.54) is 12.3 Å². The Labute approximate surface area is 186 Å². The van der Waals surface area contributed by atoms with Crippen molar-refractivity contribution in [1.82, 2.24) is 5.32 Å². The van der Waals surface area contributed by atoms with Gasteiger partial charge in [0.1, 0.15) is 9.77 Å². The van der Waals surface area contributed by atoms with Gasteiger partial charge in [0.05, 0.1) is 5.75 Å². The van der Waals surface area contributed by atoms with E-state index in [1.54, 1.807) is 53.9 Å². The molecule has 0 unspecified atom stereocenters. The highest BCUT2D eigenvalue weighted by Crippen LogP contribution is 2.24. The van der Waals surface area contributed by atoms with Crippen LogP contribution in [0.1, 0.15) is 26.4 Å². The van der Waals surface area contributed by atoms with Crippen LogP contribution in [0.25, 0.3) is 0 Å². The van der Waals surface area contributed by atoms with E-state index in [4.69, 9.17) is 0 Å². The van der Waals surface area contributed by atoms with Crippen molar-refractivity contribution in [2.24, 2.45) is 0 Å². The number of benzene rings is 2. The Bertz CT molecular complexity index is 1280. The summed E-state index contributed by atoms with van der Waals surface area (Å²) >= 11 is 1.04. The van der Waals surface area contributed by atoms with E-state index in [-0.39, 0.29) is 22.1 Å². The van der Waals surface area contributed by atoms with Gasteiger partial charge in [0, 0.05) is 18.5 Å². The molecule has 0 saturated carbocycles. The molecule has 0 saturated heterocycles. The lowest BCUT2D eigenvalue weighted by Crippen LogP contribution is -2.24. The third-order valence-electron chi connectivity index (χ3n) is 4.33. The van der Waals surface area contributed by atoms with Gasteiger partial charge in [0.25, 0.3) is 15.9 Å². The summed E-state index contributed by atoms with van der Waals surface area (Å²) in [6, 6.07) is 15.1. The van der Waals surface area contributed by atoms with Gasteiger partial charge >= 0.3 is 0 Å². The number of carbonyl (C=O) groups excluding carboxylic acids is 1. The van der Waals surface area contributed by atoms with Crippen molar-refractivity contribution < 1.29 is 21.6 Å². The Morgan fingerprint density at radius 3 is 2.13 bits per heavy atom. The molecule has 1 amide bonds. The number of nitrogens with one attached hydrogen (secondary N) is 2. The van der Waals surface area contributed by atoms with Crippen LogP contribution >= 0.6 is 11.3 Å². The normalized spacial score (nSPS) is 11.8. The Hall–Kier alpha value is -2.69. The molecule has 0 aliphatic heterocycles. The maximum absolute atomic E-state index is 12.8. The average molecular weight is 479 g/mol. The predicted octanol–water partition coefficient (Wildman–Crippen LogP) is 3.33. The molecule has 3 aromatic rings. The van der Waals surface area contributed by atoms with Crippen molar-refractivity contribution in [3.8, 4) is 0 Å². The Kier molecular flexibility index (Phi) is 6.83. The lowest BCUT2D eigenvalue weighted by molar-refractivity contribution is 0.0952. The van der Waals surface area contributed by atoms with Crippen LogP contribution in [0.3, 0.4) is 0 Å². The highest BCUT2D eigenvalue weighted by Gasteiger charge is 2.24. The summed E-state index contributed by atoms with van der Waals surface area (Å²) in [5.74, 6) is -0.552. The highest BCUT2D eigenvalue weighted by atomic mass is 32.2. The first-order valence-corrected chi connectivity index (χ1v) is 13.7. The van der Waals surface area contributed by atoms with Gasteiger partial charge in [-0.15, -0.1) is 11.3 Å². The highest BCUT2D eigenvalue weighted by molar-refractivity contribution is 7.93. The number of amides is 1. The second-order valence-electron chi connectivity index (χ2n) is 7.15. The molecule has 10 heteroatoms. The summed E-state index contributed by atoms with van der Waals surface area (Å²) < 4.78 is 50.8. The molecule has 0 atom stereocenters. The maximum Gasteiger partial charge on any atom is 0.263 e. The van der Waals surface area contributed by atoms with Gasteiger partial charge < -0.3 is 5.32 Å². The molecule has 0 bridgehead atoms. The first-order valence-electron chi connectivity index (χ1n) is 9.24. The van der Waals surface area contributed by atoms with E-state index in [1.807, 2.05) is 6.92 Å². The lowest BCUT2D eigenvalue weighted by Gasteiger charge is -2.10. The van der Waals surface area contributed by atoms with E-state index >= 15 is 0 Å². The number of carbonyl (C=O) groups is 1. The number of rotatable bonds is 8. The van der Waals surface area contributed by atoms with Crippen molar-refractivity contribution in [1.29, 1.82) is 0 Å². The fourth-order valence-corrected chi connectivity index (χ4v) is 6.03. The standard InChI is InChI=1S/C21H22N2O5S3/c1-15-3-9-18(10-4-15)23-31(27,28)19-11-12-29-20(19)21(24)22-13-16-5-7-17(8-6-16)14-30(2,25)26/h3-12,23H,13-14H2,1-2H3,(H,22,24). The Morgan fingerprint density at radius 2 is 1.52 bits per heavy atom. The summed E-state index contributed by atoms with van der Waals surface area (Å²) in [5, 5.41) is 4.27. The van der Waals surface area contributed by atoms with E-state index in [9.17, 15) is 21.6 Å². The third-order valence-corrected chi connectivity index (χ3v) is 7.66. The van der Waals surface area contributed by atoms with Crippen molar-refractivity contribution in [2.45, 2.75) is 24.1 Å². The SMILES string of the molecule is Cc1ccc(NS(=O)(=O)c2ccsc2C(=O)NCc2ccc(CS(C)(=O)=O)cc2)cc1. The molecule has 2 N–H and O–H groups in total. The second kappa shape index (κ2) is 9.21. The van der Waals surface area contributed by atoms with Crippen LogP contribution < -0.4 is 10.0 Å². The van der Waals surface area contributed by atoms with Crippen molar-refractivity contribution in [3.63, 3.8) is 0 Å². The van der Waals surface area contributed by atoms with Crippen LogP contribution in [-0.4, -0.2) is 29.0 Å². The lowest BCUT2D eigenvalue weighted by atomic mass is 10.1. The smallest absolute Gasteiger partial charge is 0.263 e. The molecule has 0 fully saturated rings. The first kappa shape index (κ1) is 23.0. The average Bonchev–Trinajstić information content (AvgIpc) is 3.19. The largest absolute Gasteiger partial charge is 0.347 e. The summed E-state index contributed by atoms with van der Waals surface area (Å²) in [6.45, 7) is 2.08. The van der Waals surface area contributed by atoms with Gasteiger partial charge in [-0.05, 0) is 41.6 Å². The molecule has 2 aromatic carbocycles. The van der Waals surface area contributed by atoms with Crippen LogP contribution in [0.5, 0.6) is 0 Å². The molecule has 3 rings (SSSR count). The molecule has 7 nitrogen and oxygen atoms in total. The van der Waals surface area contributed by atoms with E-state index < -0.39 is 25.8 Å². The van der Waals surface area contributed by atoms with Crippen molar-refractivity contribution >= 4 is 42.8 Å². The van der Waals surface area contributed by atoms with Crippen molar-refractivity contribution in [3.05, 3.63) is 81.5 Å². The van der Waals surface area contributed by atoms with E-state index in [0.29, 0.717) is 11.3 Å². The second-order valence-corrected chi connectivity index (χ2v) is 11.9. The van der Waals surface area contributed by atoms with Gasteiger partial charge in [-0.1, -0.05) is 42.0 Å². The monoisotopic (exact) mass is 478 g/mol. The maximum atomic E-state index is 12.8. The molecule has 31 heavy (non-hydrogen) atoms. The molecule has 0 radical (unpaired) electrons. The topological polar surface area (TPSA) is 109 Å². The van der Waals surface area contributed by atoms with Crippen molar-refractivity contribution in [2.75, 3.05) is 11.0 Å². The first-order chi connectivity index (χ1) is 14.5. The van der Waals surface area contributed by atoms with Gasteiger partial charge in [-0.3, -0.25) is 9.52 Å². The minimum atomic E-state index is -3.92. The molecule has 164 valence electrons. The number of aryl methyl sites for hydroxylation is 1. The molecule has 0 aliphatic rings. The van der Waals surface area contributed by atoms with Gasteiger partial charge in [0.15, 0.2) is 9.84 Å². The number of anilines is 1. The van der Waals surface area contributed by atoms with Gasteiger partial charge in [0.2, 0.25) is 0 Å². The molecule has 0 spiro atoms. The van der Waals surface area contributed by atoms with Crippen LogP contribution in [0.4, 0.5) is 5.69 Å². The molecule has 1 heterocycles. The zero-order valence-electron chi connectivity index (χ0n) is 17.0. The summed E-state index contributed by atoms with van der Waals surface area (Å²) in [5.41, 5.74) is 2.84. The summed E-state index contributed by atoms with van der Waals surface area (Å²) in [6.07, 6.45) is 1.17. The van der Waals surface area contributed by atoms with Crippen LogP contribution in [-0.2, 0) is 32.2 Å².